The topological polar surface area (TPSA) is 55.2 Å². The van der Waals surface area contributed by atoms with Gasteiger partial charge >= 0.3 is 0 Å². The molecular weight excluding hydrogens is 410 g/mol. The van der Waals surface area contributed by atoms with Crippen molar-refractivity contribution in [3.63, 3.8) is 0 Å². The summed E-state index contributed by atoms with van der Waals surface area (Å²) in [6.45, 7) is 3.36. The number of hydrogen-bond acceptors (Lipinski definition) is 3. The summed E-state index contributed by atoms with van der Waals surface area (Å²) < 4.78 is 1.44. The van der Waals surface area contributed by atoms with Crippen molar-refractivity contribution in [3.05, 3.63) is 98.2 Å². The molecule has 4 rings (SSSR count). The van der Waals surface area contributed by atoms with Gasteiger partial charge < -0.3 is 9.47 Å². The van der Waals surface area contributed by atoms with Crippen LogP contribution in [0, 0.1) is 6.92 Å². The number of piperidine rings is 1. The molecule has 5 nitrogen and oxygen atoms in total. The summed E-state index contributed by atoms with van der Waals surface area (Å²) in [4.78, 5) is 31.4. The van der Waals surface area contributed by atoms with E-state index in [-0.39, 0.29) is 17.4 Å². The van der Waals surface area contributed by atoms with Crippen molar-refractivity contribution in [3.8, 4) is 0 Å². The van der Waals surface area contributed by atoms with E-state index in [4.69, 9.17) is 16.6 Å². The van der Waals surface area contributed by atoms with E-state index in [2.05, 4.69) is 12.1 Å². The number of amides is 1. The lowest BCUT2D eigenvalue weighted by Crippen LogP contribution is -2.39. The number of hydrogen-bond donors (Lipinski definition) is 0. The van der Waals surface area contributed by atoms with Crippen LogP contribution in [-0.2, 0) is 13.5 Å². The number of carbonyl (C=O) groups is 1. The second-order valence-corrected chi connectivity index (χ2v) is 8.67. The highest BCUT2D eigenvalue weighted by Crippen LogP contribution is 2.28. The van der Waals surface area contributed by atoms with Gasteiger partial charge in [-0.3, -0.25) is 14.6 Å². The molecule has 1 amide bonds. The highest BCUT2D eigenvalue weighted by Gasteiger charge is 2.27. The summed E-state index contributed by atoms with van der Waals surface area (Å²) >= 11 is 6.35. The average molecular weight is 436 g/mol. The Hall–Kier alpha value is -2.92. The van der Waals surface area contributed by atoms with Crippen LogP contribution < -0.4 is 5.56 Å². The van der Waals surface area contributed by atoms with Crippen LogP contribution in [0.3, 0.4) is 0 Å². The number of aryl methyl sites for hydroxylation is 2. The zero-order chi connectivity index (χ0) is 22.0. The molecular formula is C25H26ClN3O2. The first-order valence-electron chi connectivity index (χ1n) is 10.6. The highest BCUT2D eigenvalue weighted by molar-refractivity contribution is 6.31. The zero-order valence-electron chi connectivity index (χ0n) is 17.8. The maximum absolute atomic E-state index is 13.0. The molecule has 6 heteroatoms. The van der Waals surface area contributed by atoms with E-state index in [0.717, 1.165) is 47.8 Å². The summed E-state index contributed by atoms with van der Waals surface area (Å²) in [6, 6.07) is 15.2. The van der Waals surface area contributed by atoms with Crippen LogP contribution >= 0.6 is 11.6 Å². The fourth-order valence-corrected chi connectivity index (χ4v) is 4.45. The van der Waals surface area contributed by atoms with Gasteiger partial charge in [-0.25, -0.2) is 0 Å². The first-order valence-corrected chi connectivity index (χ1v) is 11.0. The first kappa shape index (κ1) is 21.3. The van der Waals surface area contributed by atoms with Crippen molar-refractivity contribution in [1.29, 1.82) is 0 Å². The van der Waals surface area contributed by atoms with Crippen molar-refractivity contribution in [2.45, 2.75) is 32.1 Å². The molecule has 0 saturated carbocycles. The molecule has 0 aliphatic carbocycles. The number of carbonyl (C=O) groups excluding carboxylic acids is 1. The molecule has 160 valence electrons. The maximum Gasteiger partial charge on any atom is 0.255 e. The highest BCUT2D eigenvalue weighted by atomic mass is 35.5. The Balaban J connectivity index is 1.54. The molecule has 1 aliphatic heterocycles. The van der Waals surface area contributed by atoms with Gasteiger partial charge in [0.2, 0.25) is 5.56 Å². The molecule has 0 N–H and O–H groups in total. The summed E-state index contributed by atoms with van der Waals surface area (Å²) in [6.07, 6.45) is 4.29. The van der Waals surface area contributed by atoms with Gasteiger partial charge in [0.1, 0.15) is 0 Å². The monoisotopic (exact) mass is 435 g/mol. The summed E-state index contributed by atoms with van der Waals surface area (Å²) in [7, 11) is 1.66. The van der Waals surface area contributed by atoms with Crippen molar-refractivity contribution < 1.29 is 4.79 Å². The van der Waals surface area contributed by atoms with Gasteiger partial charge in [-0.15, -0.1) is 0 Å². The number of likely N-dealkylation sites (tertiary alicyclic amines) is 1. The smallest absolute Gasteiger partial charge is 0.255 e. The lowest BCUT2D eigenvalue weighted by molar-refractivity contribution is 0.0705. The number of benzene rings is 1. The van der Waals surface area contributed by atoms with Gasteiger partial charge in [0.15, 0.2) is 0 Å². The van der Waals surface area contributed by atoms with Gasteiger partial charge in [0, 0.05) is 54.7 Å². The van der Waals surface area contributed by atoms with Gasteiger partial charge in [-0.05, 0) is 61.6 Å². The largest absolute Gasteiger partial charge is 0.338 e. The summed E-state index contributed by atoms with van der Waals surface area (Å²) in [5, 5.41) is 0.769. The third-order valence-corrected chi connectivity index (χ3v) is 6.21. The molecule has 1 atom stereocenters. The standard InChI is InChI=1S/C25H26ClN3O2/c1-17-12-18(13-19-6-3-4-8-22(19)26)14-23(27-17)20-7-5-11-29(16-20)25(31)21-9-10-24(30)28(2)15-21/h3-4,6,8-10,12,14-15,20H,5,7,11,13,16H2,1-2H3. The van der Waals surface area contributed by atoms with E-state index in [1.54, 1.807) is 19.3 Å². The van der Waals surface area contributed by atoms with E-state index in [0.29, 0.717) is 12.1 Å². The van der Waals surface area contributed by atoms with Crippen molar-refractivity contribution in [2.75, 3.05) is 13.1 Å². The van der Waals surface area contributed by atoms with Crippen LogP contribution in [0.4, 0.5) is 0 Å². The van der Waals surface area contributed by atoms with Crippen LogP contribution in [0.15, 0.2) is 59.5 Å². The fraction of sp³-hybridized carbons (Fsp3) is 0.320. The number of nitrogens with zero attached hydrogens (tertiary/aromatic N) is 3. The quantitative estimate of drug-likeness (QED) is 0.612. The Bertz CT molecular complexity index is 1170. The molecule has 3 heterocycles. The number of rotatable bonds is 4. The van der Waals surface area contributed by atoms with E-state index in [9.17, 15) is 9.59 Å². The fourth-order valence-electron chi connectivity index (χ4n) is 4.25. The average Bonchev–Trinajstić information content (AvgIpc) is 2.76. The number of halogens is 1. The number of aromatic nitrogens is 2. The molecule has 1 aliphatic rings. The van der Waals surface area contributed by atoms with Gasteiger partial charge in [0.25, 0.3) is 5.91 Å². The Kier molecular flexibility index (Phi) is 6.23. The summed E-state index contributed by atoms with van der Waals surface area (Å²) in [5.41, 5.74) is 4.69. The molecule has 2 aromatic heterocycles. The van der Waals surface area contributed by atoms with Gasteiger partial charge in [-0.1, -0.05) is 29.8 Å². The Labute approximate surface area is 187 Å². The van der Waals surface area contributed by atoms with E-state index < -0.39 is 0 Å². The van der Waals surface area contributed by atoms with Crippen LogP contribution in [0.1, 0.15) is 51.6 Å². The third kappa shape index (κ3) is 4.88. The minimum Gasteiger partial charge on any atom is -0.338 e. The molecule has 0 spiro atoms. The van der Waals surface area contributed by atoms with E-state index >= 15 is 0 Å². The Morgan fingerprint density at radius 2 is 2.00 bits per heavy atom. The minimum atomic E-state index is -0.122. The van der Waals surface area contributed by atoms with Crippen LogP contribution in [-0.4, -0.2) is 33.4 Å². The van der Waals surface area contributed by atoms with E-state index in [1.165, 1.54) is 16.2 Å². The van der Waals surface area contributed by atoms with Crippen molar-refractivity contribution in [1.82, 2.24) is 14.5 Å². The van der Waals surface area contributed by atoms with Crippen LogP contribution in [0.5, 0.6) is 0 Å². The zero-order valence-corrected chi connectivity index (χ0v) is 18.6. The second-order valence-electron chi connectivity index (χ2n) is 8.27. The molecule has 1 fully saturated rings. The maximum atomic E-state index is 13.0. The molecule has 0 radical (unpaired) electrons. The summed E-state index contributed by atoms with van der Waals surface area (Å²) in [5.74, 6) is 0.152. The Morgan fingerprint density at radius 3 is 2.77 bits per heavy atom. The second kappa shape index (κ2) is 9.06. The lowest BCUT2D eigenvalue weighted by Gasteiger charge is -2.33. The lowest BCUT2D eigenvalue weighted by atomic mass is 9.92. The molecule has 1 unspecified atom stereocenters. The first-order chi connectivity index (χ1) is 14.9. The molecule has 1 saturated heterocycles. The van der Waals surface area contributed by atoms with Crippen LogP contribution in [0.25, 0.3) is 0 Å². The van der Waals surface area contributed by atoms with E-state index in [1.807, 2.05) is 36.1 Å². The molecule has 1 aromatic carbocycles. The third-order valence-electron chi connectivity index (χ3n) is 5.85. The number of pyridine rings is 2. The molecule has 0 bridgehead atoms. The predicted octanol–water partition coefficient (Wildman–Crippen LogP) is 4.35. The van der Waals surface area contributed by atoms with Crippen LogP contribution in [0.2, 0.25) is 5.02 Å². The SMILES string of the molecule is Cc1cc(Cc2ccccc2Cl)cc(C2CCCN(C(=O)c3ccc(=O)n(C)c3)C2)n1. The van der Waals surface area contributed by atoms with Gasteiger partial charge in [-0.2, -0.15) is 0 Å². The molecule has 31 heavy (non-hydrogen) atoms. The normalized spacial score (nSPS) is 16.4. The predicted molar refractivity (Wildman–Crippen MR) is 123 cm³/mol. The minimum absolute atomic E-state index is 0.0377. The molecule has 3 aromatic rings. The van der Waals surface area contributed by atoms with Gasteiger partial charge in [0.05, 0.1) is 5.56 Å². The van der Waals surface area contributed by atoms with Crippen molar-refractivity contribution in [2.24, 2.45) is 7.05 Å². The van der Waals surface area contributed by atoms with Crippen molar-refractivity contribution >= 4 is 17.5 Å². The Morgan fingerprint density at radius 1 is 1.19 bits per heavy atom.